The summed E-state index contributed by atoms with van der Waals surface area (Å²) in [5.41, 5.74) is 0.455. The van der Waals surface area contributed by atoms with Crippen LogP contribution in [-0.4, -0.2) is 35.6 Å². The molecule has 0 aliphatic carbocycles. The summed E-state index contributed by atoms with van der Waals surface area (Å²) in [6, 6.07) is 10.4. The molecule has 0 radical (unpaired) electrons. The lowest BCUT2D eigenvalue weighted by Gasteiger charge is -2.04. The molecule has 8 heteroatoms. The summed E-state index contributed by atoms with van der Waals surface area (Å²) < 4.78 is 15.2. The summed E-state index contributed by atoms with van der Waals surface area (Å²) in [5.74, 6) is 0.728. The van der Waals surface area contributed by atoms with Crippen LogP contribution in [0.5, 0.6) is 5.75 Å². The Kier molecular flexibility index (Phi) is 5.75. The molecule has 0 saturated heterocycles. The number of hydrogen-bond acceptors (Lipinski definition) is 8. The quantitative estimate of drug-likeness (QED) is 0.443. The fourth-order valence-electron chi connectivity index (χ4n) is 2.15. The van der Waals surface area contributed by atoms with Crippen LogP contribution < -0.4 is 4.74 Å². The van der Waals surface area contributed by atoms with E-state index in [1.807, 2.05) is 17.5 Å². The van der Waals surface area contributed by atoms with E-state index in [-0.39, 0.29) is 25.2 Å². The molecule has 7 nitrogen and oxygen atoms in total. The van der Waals surface area contributed by atoms with E-state index in [9.17, 15) is 9.59 Å². The van der Waals surface area contributed by atoms with Crippen LogP contribution in [0, 0.1) is 0 Å². The van der Waals surface area contributed by atoms with Crippen LogP contribution in [-0.2, 0) is 16.0 Å². The molecule has 0 aliphatic rings. The zero-order valence-corrected chi connectivity index (χ0v) is 14.8. The smallest absolute Gasteiger partial charge is 0.306 e. The Hall–Kier alpha value is -3.00. The molecule has 0 unspecified atom stereocenters. The van der Waals surface area contributed by atoms with Crippen LogP contribution in [0.3, 0.4) is 0 Å². The highest BCUT2D eigenvalue weighted by atomic mass is 32.1. The molecule has 0 saturated carbocycles. The summed E-state index contributed by atoms with van der Waals surface area (Å²) in [4.78, 5) is 28.9. The number of rotatable bonds is 8. The van der Waals surface area contributed by atoms with E-state index in [1.54, 1.807) is 31.4 Å². The topological polar surface area (TPSA) is 91.5 Å². The summed E-state index contributed by atoms with van der Waals surface area (Å²) in [6.45, 7) is -0.310. The van der Waals surface area contributed by atoms with E-state index in [1.165, 1.54) is 11.3 Å². The van der Waals surface area contributed by atoms with Crippen molar-refractivity contribution in [2.24, 2.45) is 0 Å². The molecule has 0 spiro atoms. The van der Waals surface area contributed by atoms with Crippen molar-refractivity contribution in [1.29, 1.82) is 0 Å². The molecule has 26 heavy (non-hydrogen) atoms. The van der Waals surface area contributed by atoms with Crippen molar-refractivity contribution >= 4 is 23.1 Å². The first-order valence-corrected chi connectivity index (χ1v) is 8.73. The van der Waals surface area contributed by atoms with Crippen molar-refractivity contribution in [3.05, 3.63) is 53.2 Å². The van der Waals surface area contributed by atoms with Gasteiger partial charge in [-0.2, -0.15) is 4.98 Å². The van der Waals surface area contributed by atoms with Crippen LogP contribution in [0.15, 0.2) is 46.3 Å². The third-order valence-corrected chi connectivity index (χ3v) is 4.39. The molecule has 0 aliphatic heterocycles. The van der Waals surface area contributed by atoms with Gasteiger partial charge in [-0.3, -0.25) is 9.59 Å². The van der Waals surface area contributed by atoms with Crippen LogP contribution in [0.2, 0.25) is 0 Å². The maximum atomic E-state index is 12.0. The van der Waals surface area contributed by atoms with Gasteiger partial charge in [0.1, 0.15) is 5.75 Å². The van der Waals surface area contributed by atoms with Gasteiger partial charge in [-0.05, 0) is 35.7 Å². The maximum Gasteiger partial charge on any atom is 0.306 e. The Morgan fingerprint density at radius 1 is 1.19 bits per heavy atom. The molecule has 1 aromatic carbocycles. The molecule has 0 amide bonds. The minimum atomic E-state index is -0.497. The van der Waals surface area contributed by atoms with E-state index >= 15 is 0 Å². The molecule has 0 bridgehead atoms. The van der Waals surface area contributed by atoms with Crippen molar-refractivity contribution in [2.45, 2.75) is 12.8 Å². The number of carbonyl (C=O) groups excluding carboxylic acids is 2. The van der Waals surface area contributed by atoms with Gasteiger partial charge in [0.25, 0.3) is 0 Å². The van der Waals surface area contributed by atoms with Crippen LogP contribution in [0.1, 0.15) is 22.7 Å². The number of nitrogens with zero attached hydrogens (tertiary/aromatic N) is 2. The van der Waals surface area contributed by atoms with E-state index in [0.717, 1.165) is 4.88 Å². The average molecular weight is 372 g/mol. The Bertz CT molecular complexity index is 871. The fraction of sp³-hybridized carbons (Fsp3) is 0.222. The summed E-state index contributed by atoms with van der Waals surface area (Å²) in [6.07, 6.45) is 0.315. The highest BCUT2D eigenvalue weighted by molar-refractivity contribution is 7.13. The molecule has 3 aromatic rings. The second kappa shape index (κ2) is 8.39. The highest BCUT2D eigenvalue weighted by Gasteiger charge is 2.14. The number of carbonyl (C=O) groups is 2. The van der Waals surface area contributed by atoms with E-state index in [4.69, 9.17) is 14.0 Å². The lowest BCUT2D eigenvalue weighted by atomic mass is 10.1. The third kappa shape index (κ3) is 4.54. The minimum Gasteiger partial charge on any atom is -0.497 e. The zero-order valence-electron chi connectivity index (χ0n) is 14.0. The predicted molar refractivity (Wildman–Crippen MR) is 94.2 cm³/mol. The van der Waals surface area contributed by atoms with Crippen LogP contribution in [0.25, 0.3) is 10.7 Å². The normalized spacial score (nSPS) is 10.5. The van der Waals surface area contributed by atoms with Gasteiger partial charge in [0, 0.05) is 12.0 Å². The second-order valence-electron chi connectivity index (χ2n) is 5.30. The largest absolute Gasteiger partial charge is 0.497 e. The number of benzene rings is 1. The van der Waals surface area contributed by atoms with Gasteiger partial charge >= 0.3 is 5.97 Å². The van der Waals surface area contributed by atoms with Gasteiger partial charge in [-0.15, -0.1) is 11.3 Å². The summed E-state index contributed by atoms with van der Waals surface area (Å²) in [5, 5.41) is 5.79. The fourth-order valence-corrected chi connectivity index (χ4v) is 2.80. The molecule has 2 heterocycles. The second-order valence-corrected chi connectivity index (χ2v) is 6.25. The molecule has 0 N–H and O–H groups in total. The number of aromatic nitrogens is 2. The SMILES string of the molecule is COc1ccc(C(=O)COC(=O)CCc2nc(-c3cccs3)no2)cc1. The molecule has 3 rings (SSSR count). The number of Topliss-reactive ketones (excluding diaryl/α,β-unsaturated/α-hetero) is 1. The standard InChI is InChI=1S/C18H16N2O5S/c1-23-13-6-4-12(5-7-13)14(21)11-24-17(22)9-8-16-19-18(20-25-16)15-3-2-10-26-15/h2-7,10H,8-9,11H2,1H3. The molecule has 0 fully saturated rings. The lowest BCUT2D eigenvalue weighted by molar-refractivity contribution is -0.142. The van der Waals surface area contributed by atoms with Crippen molar-refractivity contribution in [3.8, 4) is 16.5 Å². The van der Waals surface area contributed by atoms with E-state index in [0.29, 0.717) is 23.0 Å². The van der Waals surface area contributed by atoms with Crippen molar-refractivity contribution < 1.29 is 23.6 Å². The third-order valence-electron chi connectivity index (χ3n) is 3.53. The zero-order chi connectivity index (χ0) is 18.4. The highest BCUT2D eigenvalue weighted by Crippen LogP contribution is 2.21. The van der Waals surface area contributed by atoms with E-state index in [2.05, 4.69) is 10.1 Å². The molecular formula is C18H16N2O5S. The minimum absolute atomic E-state index is 0.0575. The average Bonchev–Trinajstić information content (AvgIpc) is 3.36. The van der Waals surface area contributed by atoms with Crippen molar-refractivity contribution in [3.63, 3.8) is 0 Å². The number of hydrogen-bond donors (Lipinski definition) is 0. The molecular weight excluding hydrogens is 356 g/mol. The number of thiophene rings is 1. The predicted octanol–water partition coefficient (Wildman–Crippen LogP) is 3.17. The Morgan fingerprint density at radius 3 is 2.69 bits per heavy atom. The number of aryl methyl sites for hydroxylation is 1. The molecule has 134 valence electrons. The first-order chi connectivity index (χ1) is 12.7. The van der Waals surface area contributed by atoms with Gasteiger partial charge in [-0.1, -0.05) is 11.2 Å². The molecule has 2 aromatic heterocycles. The first kappa shape index (κ1) is 17.8. The number of esters is 1. The number of ether oxygens (including phenoxy) is 2. The van der Waals surface area contributed by atoms with E-state index < -0.39 is 5.97 Å². The lowest BCUT2D eigenvalue weighted by Crippen LogP contribution is -2.14. The first-order valence-electron chi connectivity index (χ1n) is 7.85. The van der Waals surface area contributed by atoms with Gasteiger partial charge in [-0.25, -0.2) is 0 Å². The maximum absolute atomic E-state index is 12.0. The number of ketones is 1. The Labute approximate surface area is 153 Å². The van der Waals surface area contributed by atoms with Gasteiger partial charge in [0.05, 0.1) is 18.4 Å². The van der Waals surface area contributed by atoms with Crippen molar-refractivity contribution in [2.75, 3.05) is 13.7 Å². The van der Waals surface area contributed by atoms with Gasteiger partial charge < -0.3 is 14.0 Å². The molecule has 0 atom stereocenters. The van der Waals surface area contributed by atoms with Gasteiger partial charge in [0.2, 0.25) is 11.7 Å². The van der Waals surface area contributed by atoms with Gasteiger partial charge in [0.15, 0.2) is 12.4 Å². The van der Waals surface area contributed by atoms with Crippen LogP contribution in [0.4, 0.5) is 0 Å². The summed E-state index contributed by atoms with van der Waals surface area (Å²) in [7, 11) is 1.55. The Balaban J connectivity index is 1.44. The monoisotopic (exact) mass is 372 g/mol. The number of methoxy groups -OCH3 is 1. The van der Waals surface area contributed by atoms with Crippen molar-refractivity contribution in [1.82, 2.24) is 10.1 Å². The van der Waals surface area contributed by atoms with Crippen LogP contribution >= 0.6 is 11.3 Å². The summed E-state index contributed by atoms with van der Waals surface area (Å²) >= 11 is 1.50. The Morgan fingerprint density at radius 2 is 2.00 bits per heavy atom.